The predicted molar refractivity (Wildman–Crippen MR) is 139 cm³/mol. The van der Waals surface area contributed by atoms with Crippen LogP contribution in [0.1, 0.15) is 24.0 Å². The molecule has 3 aromatic rings. The molecule has 0 unspecified atom stereocenters. The van der Waals surface area contributed by atoms with E-state index in [-0.39, 0.29) is 16.5 Å². The molecule has 0 atom stereocenters. The number of alkyl halides is 3. The summed E-state index contributed by atoms with van der Waals surface area (Å²) in [6, 6.07) is 14.6. The second kappa shape index (κ2) is 10.7. The van der Waals surface area contributed by atoms with Crippen molar-refractivity contribution in [3.8, 4) is 0 Å². The molecular formula is C26H23ClF3N3O4S. The Morgan fingerprint density at radius 2 is 1.79 bits per heavy atom. The van der Waals surface area contributed by atoms with E-state index in [1.165, 1.54) is 24.3 Å². The third kappa shape index (κ3) is 5.78. The summed E-state index contributed by atoms with van der Waals surface area (Å²) >= 11 is 5.72. The summed E-state index contributed by atoms with van der Waals surface area (Å²) in [5.41, 5.74) is 0.166. The van der Waals surface area contributed by atoms with E-state index < -0.39 is 39.2 Å². The zero-order valence-corrected chi connectivity index (χ0v) is 21.7. The van der Waals surface area contributed by atoms with Crippen molar-refractivity contribution in [1.82, 2.24) is 0 Å². The molecule has 0 aromatic heterocycles. The van der Waals surface area contributed by atoms with Gasteiger partial charge in [-0.25, -0.2) is 8.42 Å². The van der Waals surface area contributed by atoms with E-state index in [4.69, 9.17) is 11.6 Å². The molecule has 12 heteroatoms. The first-order chi connectivity index (χ1) is 17.9. The molecule has 1 N–H and O–H groups in total. The summed E-state index contributed by atoms with van der Waals surface area (Å²) in [7, 11) is -4.43. The zero-order chi connectivity index (χ0) is 27.7. The molecule has 0 bridgehead atoms. The van der Waals surface area contributed by atoms with Gasteiger partial charge in [0.1, 0.15) is 6.54 Å². The average Bonchev–Trinajstić information content (AvgIpc) is 3.28. The SMILES string of the molecule is Cc1cc(NC(=O)CN(c2ccc(Cl)c(C(F)(F)F)c2)S(=O)(=O)c2ccccc2)ccc1N1CCCC1=O. The number of hydrogen-bond donors (Lipinski definition) is 1. The molecule has 0 radical (unpaired) electrons. The summed E-state index contributed by atoms with van der Waals surface area (Å²) < 4.78 is 68.0. The van der Waals surface area contributed by atoms with Crippen LogP contribution >= 0.6 is 11.6 Å². The van der Waals surface area contributed by atoms with Gasteiger partial charge in [-0.05, 0) is 67.4 Å². The Kier molecular flexibility index (Phi) is 7.70. The van der Waals surface area contributed by atoms with Gasteiger partial charge in [-0.3, -0.25) is 13.9 Å². The number of halogens is 4. The van der Waals surface area contributed by atoms with Crippen molar-refractivity contribution in [2.24, 2.45) is 0 Å². The topological polar surface area (TPSA) is 86.8 Å². The van der Waals surface area contributed by atoms with Crippen LogP contribution in [0.15, 0.2) is 71.6 Å². The molecule has 7 nitrogen and oxygen atoms in total. The van der Waals surface area contributed by atoms with Gasteiger partial charge < -0.3 is 10.2 Å². The first-order valence-electron chi connectivity index (χ1n) is 11.5. The van der Waals surface area contributed by atoms with E-state index in [9.17, 15) is 31.2 Å². The van der Waals surface area contributed by atoms with E-state index in [2.05, 4.69) is 5.32 Å². The number of anilines is 3. The highest BCUT2D eigenvalue weighted by atomic mass is 35.5. The third-order valence-corrected chi connectivity index (χ3v) is 8.12. The van der Waals surface area contributed by atoms with Gasteiger partial charge in [-0.1, -0.05) is 29.8 Å². The van der Waals surface area contributed by atoms with E-state index in [1.807, 2.05) is 0 Å². The zero-order valence-electron chi connectivity index (χ0n) is 20.1. The van der Waals surface area contributed by atoms with E-state index in [0.29, 0.717) is 34.7 Å². The molecule has 0 spiro atoms. The van der Waals surface area contributed by atoms with Crippen molar-refractivity contribution in [2.75, 3.05) is 27.6 Å². The van der Waals surface area contributed by atoms with Crippen LogP contribution in [-0.2, 0) is 25.8 Å². The molecule has 0 aliphatic carbocycles. The molecule has 2 amide bonds. The van der Waals surface area contributed by atoms with Crippen LogP contribution in [0.4, 0.5) is 30.2 Å². The number of hydrogen-bond acceptors (Lipinski definition) is 4. The fourth-order valence-corrected chi connectivity index (χ4v) is 5.85. The minimum absolute atomic E-state index is 0.00726. The normalized spacial score (nSPS) is 14.0. The molecule has 1 aliphatic heterocycles. The Balaban J connectivity index is 1.65. The van der Waals surface area contributed by atoms with Crippen molar-refractivity contribution in [2.45, 2.75) is 30.8 Å². The summed E-state index contributed by atoms with van der Waals surface area (Å²) in [5, 5.41) is 1.99. The lowest BCUT2D eigenvalue weighted by molar-refractivity contribution is -0.137. The van der Waals surface area contributed by atoms with Gasteiger partial charge >= 0.3 is 6.18 Å². The van der Waals surface area contributed by atoms with Crippen LogP contribution in [0.5, 0.6) is 0 Å². The fourth-order valence-electron chi connectivity index (χ4n) is 4.19. The predicted octanol–water partition coefficient (Wildman–Crippen LogP) is 5.63. The third-order valence-electron chi connectivity index (χ3n) is 6.01. The van der Waals surface area contributed by atoms with Crippen molar-refractivity contribution < 1.29 is 31.2 Å². The minimum Gasteiger partial charge on any atom is -0.325 e. The fraction of sp³-hybridized carbons (Fsp3) is 0.231. The van der Waals surface area contributed by atoms with E-state index in [0.717, 1.165) is 24.1 Å². The number of carbonyl (C=O) groups is 2. The number of aryl methyl sites for hydroxylation is 1. The van der Waals surface area contributed by atoms with Crippen LogP contribution in [-0.4, -0.2) is 33.3 Å². The molecule has 1 aliphatic rings. The Morgan fingerprint density at radius 3 is 2.39 bits per heavy atom. The largest absolute Gasteiger partial charge is 0.417 e. The van der Waals surface area contributed by atoms with Crippen LogP contribution in [0.25, 0.3) is 0 Å². The van der Waals surface area contributed by atoms with Gasteiger partial charge in [0.05, 0.1) is 21.2 Å². The lowest BCUT2D eigenvalue weighted by atomic mass is 10.1. The number of amides is 2. The first-order valence-corrected chi connectivity index (χ1v) is 13.3. The van der Waals surface area contributed by atoms with Crippen molar-refractivity contribution >= 4 is 50.5 Å². The van der Waals surface area contributed by atoms with Gasteiger partial charge in [0.25, 0.3) is 10.0 Å². The Hall–Kier alpha value is -3.57. The maximum atomic E-state index is 13.5. The molecule has 200 valence electrons. The summed E-state index contributed by atoms with van der Waals surface area (Å²) in [5.74, 6) is -0.773. The van der Waals surface area contributed by atoms with Gasteiger partial charge in [-0.15, -0.1) is 0 Å². The number of benzene rings is 3. The molecule has 1 heterocycles. The quantitative estimate of drug-likeness (QED) is 0.402. The number of nitrogens with zero attached hydrogens (tertiary/aromatic N) is 2. The molecule has 1 fully saturated rings. The van der Waals surface area contributed by atoms with Gasteiger partial charge in [-0.2, -0.15) is 13.2 Å². The van der Waals surface area contributed by atoms with E-state index >= 15 is 0 Å². The highest BCUT2D eigenvalue weighted by Gasteiger charge is 2.35. The lowest BCUT2D eigenvalue weighted by Gasteiger charge is -2.25. The molecule has 3 aromatic carbocycles. The molecule has 4 rings (SSSR count). The van der Waals surface area contributed by atoms with Crippen molar-refractivity contribution in [3.05, 3.63) is 82.9 Å². The lowest BCUT2D eigenvalue weighted by Crippen LogP contribution is -2.38. The van der Waals surface area contributed by atoms with Crippen LogP contribution in [0, 0.1) is 6.92 Å². The maximum Gasteiger partial charge on any atom is 0.417 e. The Bertz CT molecular complexity index is 1480. The number of rotatable bonds is 7. The summed E-state index contributed by atoms with van der Waals surface area (Å²) in [6.45, 7) is 1.56. The second-order valence-electron chi connectivity index (χ2n) is 8.69. The van der Waals surface area contributed by atoms with Crippen LogP contribution in [0.3, 0.4) is 0 Å². The van der Waals surface area contributed by atoms with Gasteiger partial charge in [0.2, 0.25) is 11.8 Å². The minimum atomic E-state index is -4.84. The molecular weight excluding hydrogens is 543 g/mol. The maximum absolute atomic E-state index is 13.5. The Labute approximate surface area is 222 Å². The highest BCUT2D eigenvalue weighted by molar-refractivity contribution is 7.92. The van der Waals surface area contributed by atoms with Gasteiger partial charge in [0, 0.05) is 24.3 Å². The van der Waals surface area contributed by atoms with E-state index in [1.54, 1.807) is 36.1 Å². The highest BCUT2D eigenvalue weighted by Crippen LogP contribution is 2.38. The average molecular weight is 566 g/mol. The number of sulfonamides is 1. The molecule has 38 heavy (non-hydrogen) atoms. The van der Waals surface area contributed by atoms with Gasteiger partial charge in [0.15, 0.2) is 0 Å². The first kappa shape index (κ1) is 27.5. The summed E-state index contributed by atoms with van der Waals surface area (Å²) in [4.78, 5) is 26.5. The second-order valence-corrected chi connectivity index (χ2v) is 11.0. The Morgan fingerprint density at radius 1 is 1.08 bits per heavy atom. The monoisotopic (exact) mass is 565 g/mol. The van der Waals surface area contributed by atoms with Crippen LogP contribution in [0.2, 0.25) is 5.02 Å². The standard InChI is InChI=1S/C26H23ClF3N3O4S/c1-17-14-18(9-12-23(17)32-13-5-8-25(32)35)31-24(34)16-33(38(36,37)20-6-3-2-4-7-20)19-10-11-22(27)21(15-19)26(28,29)30/h2-4,6-7,9-12,14-15H,5,8,13,16H2,1H3,(H,31,34). The van der Waals surface area contributed by atoms with Crippen molar-refractivity contribution in [3.63, 3.8) is 0 Å². The molecule has 0 saturated carbocycles. The number of carbonyl (C=O) groups excluding carboxylic acids is 2. The molecule has 1 saturated heterocycles. The van der Waals surface area contributed by atoms with Crippen LogP contribution < -0.4 is 14.5 Å². The van der Waals surface area contributed by atoms with Crippen molar-refractivity contribution in [1.29, 1.82) is 0 Å². The smallest absolute Gasteiger partial charge is 0.325 e. The number of nitrogens with one attached hydrogen (secondary N) is 1. The summed E-state index contributed by atoms with van der Waals surface area (Å²) in [6.07, 6.45) is -3.62.